The van der Waals surface area contributed by atoms with E-state index >= 15 is 0 Å². The molecule has 0 aliphatic carbocycles. The smallest absolute Gasteiger partial charge is 0.306 e. The van der Waals surface area contributed by atoms with Gasteiger partial charge in [-0.1, -0.05) is 6.92 Å². The number of hydrogen-bond donors (Lipinski definition) is 2. The summed E-state index contributed by atoms with van der Waals surface area (Å²) >= 11 is 0. The third-order valence-corrected chi connectivity index (χ3v) is 3.28. The first-order valence-corrected chi connectivity index (χ1v) is 5.81. The van der Waals surface area contributed by atoms with Gasteiger partial charge in [0, 0.05) is 19.6 Å². The molecule has 1 atom stereocenters. The second kappa shape index (κ2) is 5.84. The summed E-state index contributed by atoms with van der Waals surface area (Å²) < 4.78 is 0. The zero-order chi connectivity index (χ0) is 12.1. The van der Waals surface area contributed by atoms with Crippen molar-refractivity contribution in [3.63, 3.8) is 0 Å². The van der Waals surface area contributed by atoms with E-state index in [1.54, 1.807) is 4.90 Å². The van der Waals surface area contributed by atoms with Crippen molar-refractivity contribution >= 4 is 11.9 Å². The second-order valence-corrected chi connectivity index (χ2v) is 4.28. The number of likely N-dealkylation sites (tertiary alicyclic amines) is 1. The zero-order valence-electron chi connectivity index (χ0n) is 9.69. The van der Waals surface area contributed by atoms with Crippen molar-refractivity contribution in [3.8, 4) is 0 Å². The van der Waals surface area contributed by atoms with E-state index in [0.29, 0.717) is 32.5 Å². The van der Waals surface area contributed by atoms with E-state index in [2.05, 4.69) is 0 Å². The average Bonchev–Trinajstić information content (AvgIpc) is 2.30. The van der Waals surface area contributed by atoms with Crippen LogP contribution in [0.15, 0.2) is 0 Å². The molecule has 3 N–H and O–H groups in total. The molecular weight excluding hydrogens is 208 g/mol. The Morgan fingerprint density at radius 3 is 2.38 bits per heavy atom. The highest BCUT2D eigenvalue weighted by molar-refractivity contribution is 5.79. The number of hydrogen-bond acceptors (Lipinski definition) is 3. The van der Waals surface area contributed by atoms with Crippen LogP contribution < -0.4 is 5.73 Å². The van der Waals surface area contributed by atoms with Gasteiger partial charge in [-0.25, -0.2) is 0 Å². The Bertz CT molecular complexity index is 256. The zero-order valence-corrected chi connectivity index (χ0v) is 9.69. The fourth-order valence-electron chi connectivity index (χ4n) is 2.05. The van der Waals surface area contributed by atoms with Gasteiger partial charge in [0.15, 0.2) is 0 Å². The van der Waals surface area contributed by atoms with Crippen LogP contribution in [-0.2, 0) is 9.59 Å². The average molecular weight is 228 g/mol. The number of carboxylic acids is 1. The Kier molecular flexibility index (Phi) is 4.73. The first-order valence-electron chi connectivity index (χ1n) is 5.81. The molecule has 1 unspecified atom stereocenters. The van der Waals surface area contributed by atoms with Gasteiger partial charge in [-0.15, -0.1) is 0 Å². The van der Waals surface area contributed by atoms with Crippen LogP contribution in [0.25, 0.3) is 0 Å². The number of carboxylic acid groups (broad SMARTS) is 1. The minimum atomic E-state index is -0.752. The van der Waals surface area contributed by atoms with Crippen LogP contribution in [0.4, 0.5) is 0 Å². The largest absolute Gasteiger partial charge is 0.481 e. The molecule has 0 aromatic rings. The highest BCUT2D eigenvalue weighted by Crippen LogP contribution is 2.19. The van der Waals surface area contributed by atoms with Crippen molar-refractivity contribution in [3.05, 3.63) is 0 Å². The van der Waals surface area contributed by atoms with Gasteiger partial charge in [0.05, 0.1) is 11.8 Å². The summed E-state index contributed by atoms with van der Waals surface area (Å²) in [5.41, 5.74) is 5.52. The fraction of sp³-hybridized carbons (Fsp3) is 0.818. The maximum Gasteiger partial charge on any atom is 0.306 e. The first-order chi connectivity index (χ1) is 7.60. The molecule has 0 aromatic heterocycles. The quantitative estimate of drug-likeness (QED) is 0.724. The summed E-state index contributed by atoms with van der Waals surface area (Å²) in [7, 11) is 0. The summed E-state index contributed by atoms with van der Waals surface area (Å²) in [5.74, 6) is -1.07. The molecule has 0 radical (unpaired) electrons. The molecule has 1 amide bonds. The van der Waals surface area contributed by atoms with Gasteiger partial charge in [0.1, 0.15) is 0 Å². The van der Waals surface area contributed by atoms with Gasteiger partial charge in [0.25, 0.3) is 0 Å². The third-order valence-electron chi connectivity index (χ3n) is 3.28. The number of aliphatic carboxylic acids is 1. The van der Waals surface area contributed by atoms with E-state index in [1.807, 2.05) is 6.92 Å². The number of amides is 1. The Balaban J connectivity index is 2.47. The molecule has 0 saturated carbocycles. The normalized spacial score (nSPS) is 19.5. The topological polar surface area (TPSA) is 83.6 Å². The van der Waals surface area contributed by atoms with Crippen LogP contribution >= 0.6 is 0 Å². The Hall–Kier alpha value is -1.10. The van der Waals surface area contributed by atoms with Crippen molar-refractivity contribution in [2.45, 2.75) is 26.2 Å². The summed E-state index contributed by atoms with van der Waals surface area (Å²) in [5, 5.41) is 8.84. The molecule has 92 valence electrons. The van der Waals surface area contributed by atoms with Gasteiger partial charge < -0.3 is 15.7 Å². The molecule has 5 nitrogen and oxygen atoms in total. The molecule has 16 heavy (non-hydrogen) atoms. The summed E-state index contributed by atoms with van der Waals surface area (Å²) in [6.07, 6.45) is 1.86. The van der Waals surface area contributed by atoms with Crippen LogP contribution in [0.5, 0.6) is 0 Å². The summed E-state index contributed by atoms with van der Waals surface area (Å²) in [6, 6.07) is 0. The molecule has 1 heterocycles. The Morgan fingerprint density at radius 2 is 2.00 bits per heavy atom. The molecule has 5 heteroatoms. The van der Waals surface area contributed by atoms with E-state index in [9.17, 15) is 9.59 Å². The third kappa shape index (κ3) is 2.95. The van der Waals surface area contributed by atoms with E-state index in [0.717, 1.165) is 6.42 Å². The summed E-state index contributed by atoms with van der Waals surface area (Å²) in [4.78, 5) is 24.4. The standard InChI is InChI=1S/C11H20N2O3/c1-2-8(7-12)10(14)13-5-3-9(4-6-13)11(15)16/h8-9H,2-7,12H2,1H3,(H,15,16). The van der Waals surface area contributed by atoms with Crippen molar-refractivity contribution in [1.82, 2.24) is 4.90 Å². The molecule has 0 spiro atoms. The molecule has 1 aliphatic heterocycles. The predicted molar refractivity (Wildman–Crippen MR) is 59.8 cm³/mol. The van der Waals surface area contributed by atoms with Crippen molar-refractivity contribution in [2.24, 2.45) is 17.6 Å². The lowest BCUT2D eigenvalue weighted by molar-refractivity contribution is -0.146. The highest BCUT2D eigenvalue weighted by atomic mass is 16.4. The molecule has 1 rings (SSSR count). The van der Waals surface area contributed by atoms with Gasteiger partial charge in [-0.3, -0.25) is 9.59 Å². The number of carbonyl (C=O) groups excluding carboxylic acids is 1. The maximum absolute atomic E-state index is 11.9. The minimum Gasteiger partial charge on any atom is -0.481 e. The molecule has 1 aliphatic rings. The van der Waals surface area contributed by atoms with Crippen LogP contribution in [0.2, 0.25) is 0 Å². The lowest BCUT2D eigenvalue weighted by Gasteiger charge is -2.32. The second-order valence-electron chi connectivity index (χ2n) is 4.28. The lowest BCUT2D eigenvalue weighted by Crippen LogP contribution is -2.44. The Labute approximate surface area is 95.6 Å². The number of nitrogens with two attached hydrogens (primary N) is 1. The summed E-state index contributed by atoms with van der Waals surface area (Å²) in [6.45, 7) is 3.41. The molecule has 1 fully saturated rings. The Morgan fingerprint density at radius 1 is 1.44 bits per heavy atom. The van der Waals surface area contributed by atoms with E-state index in [1.165, 1.54) is 0 Å². The van der Waals surface area contributed by atoms with Crippen LogP contribution in [0.1, 0.15) is 26.2 Å². The van der Waals surface area contributed by atoms with Gasteiger partial charge >= 0.3 is 5.97 Å². The van der Waals surface area contributed by atoms with Gasteiger partial charge in [0.2, 0.25) is 5.91 Å². The van der Waals surface area contributed by atoms with Crippen molar-refractivity contribution < 1.29 is 14.7 Å². The van der Waals surface area contributed by atoms with E-state index in [-0.39, 0.29) is 17.7 Å². The number of carbonyl (C=O) groups is 2. The number of nitrogens with zero attached hydrogens (tertiary/aromatic N) is 1. The lowest BCUT2D eigenvalue weighted by atomic mass is 9.95. The molecular formula is C11H20N2O3. The molecule has 0 aromatic carbocycles. The first kappa shape index (κ1) is 13.0. The molecule has 1 saturated heterocycles. The van der Waals surface area contributed by atoms with Crippen molar-refractivity contribution in [2.75, 3.05) is 19.6 Å². The minimum absolute atomic E-state index is 0.0776. The van der Waals surface area contributed by atoms with Gasteiger partial charge in [-0.2, -0.15) is 0 Å². The fourth-order valence-corrected chi connectivity index (χ4v) is 2.05. The van der Waals surface area contributed by atoms with Crippen LogP contribution in [-0.4, -0.2) is 41.5 Å². The van der Waals surface area contributed by atoms with Gasteiger partial charge in [-0.05, 0) is 19.3 Å². The SMILES string of the molecule is CCC(CN)C(=O)N1CCC(C(=O)O)CC1. The monoisotopic (exact) mass is 228 g/mol. The number of piperidine rings is 1. The molecule has 0 bridgehead atoms. The van der Waals surface area contributed by atoms with E-state index < -0.39 is 5.97 Å². The predicted octanol–water partition coefficient (Wildman–Crippen LogP) is 0.294. The number of rotatable bonds is 4. The van der Waals surface area contributed by atoms with Crippen LogP contribution in [0.3, 0.4) is 0 Å². The van der Waals surface area contributed by atoms with Crippen molar-refractivity contribution in [1.29, 1.82) is 0 Å². The maximum atomic E-state index is 11.9. The van der Waals surface area contributed by atoms with E-state index in [4.69, 9.17) is 10.8 Å². The van der Waals surface area contributed by atoms with Crippen LogP contribution in [0, 0.1) is 11.8 Å². The highest BCUT2D eigenvalue weighted by Gasteiger charge is 2.29.